The minimum absolute atomic E-state index is 0.0832. The number of hydrogen-bond donors (Lipinski definition) is 2. The van der Waals surface area contributed by atoms with Crippen molar-refractivity contribution in [2.24, 2.45) is 0 Å². The first kappa shape index (κ1) is 13.8. The van der Waals surface area contributed by atoms with E-state index in [-0.39, 0.29) is 10.6 Å². The lowest BCUT2D eigenvalue weighted by Gasteiger charge is -2.21. The maximum absolute atomic E-state index is 10.9. The van der Waals surface area contributed by atoms with Gasteiger partial charge in [0.1, 0.15) is 5.82 Å². The molecule has 2 heterocycles. The number of carbonyl (C=O) groups is 1. The maximum atomic E-state index is 10.9. The van der Waals surface area contributed by atoms with Crippen LogP contribution in [0.25, 0.3) is 0 Å². The molecule has 1 aromatic heterocycles. The Morgan fingerprint density at radius 3 is 3.11 bits per heavy atom. The third-order valence-corrected chi connectivity index (χ3v) is 5.63. The van der Waals surface area contributed by atoms with E-state index >= 15 is 0 Å². The zero-order valence-electron chi connectivity index (χ0n) is 9.56. The molecule has 0 aromatic carbocycles. The van der Waals surface area contributed by atoms with Gasteiger partial charge in [0.25, 0.3) is 0 Å². The summed E-state index contributed by atoms with van der Waals surface area (Å²) >= 11 is 9.66. The van der Waals surface area contributed by atoms with Crippen molar-refractivity contribution in [3.05, 3.63) is 22.8 Å². The van der Waals surface area contributed by atoms with E-state index in [2.05, 4.69) is 10.3 Å². The number of hydrogen-bond acceptors (Lipinski definition) is 5. The van der Waals surface area contributed by atoms with Crippen molar-refractivity contribution < 1.29 is 9.90 Å². The number of halogens is 1. The van der Waals surface area contributed by atoms with Gasteiger partial charge in [-0.1, -0.05) is 11.6 Å². The molecule has 2 rings (SSSR count). The average Bonchev–Trinajstić information content (AvgIpc) is 2.38. The van der Waals surface area contributed by atoms with Crippen molar-refractivity contribution in [2.75, 3.05) is 29.1 Å². The smallest absolute Gasteiger partial charge is 0.337 e. The predicted molar refractivity (Wildman–Crippen MR) is 78.3 cm³/mol. The highest BCUT2D eigenvalue weighted by Crippen LogP contribution is 2.24. The third-order valence-electron chi connectivity index (χ3n) is 2.48. The average molecular weight is 305 g/mol. The Hall–Kier alpha value is -0.590. The first-order valence-corrected chi connectivity index (χ1v) is 8.07. The summed E-state index contributed by atoms with van der Waals surface area (Å²) in [6.07, 6.45) is 1.37. The number of nitrogens with zero attached hydrogens (tertiary/aromatic N) is 1. The molecule has 18 heavy (non-hydrogen) atoms. The second kappa shape index (κ2) is 6.54. The van der Waals surface area contributed by atoms with Crippen LogP contribution in [0.15, 0.2) is 12.3 Å². The molecule has 0 spiro atoms. The second-order valence-corrected chi connectivity index (χ2v) is 6.77. The van der Waals surface area contributed by atoms with Crippen LogP contribution in [0.2, 0.25) is 5.02 Å². The highest BCUT2D eigenvalue weighted by atomic mass is 35.5. The van der Waals surface area contributed by atoms with Crippen molar-refractivity contribution >= 4 is 46.9 Å². The Labute approximate surface area is 119 Å². The van der Waals surface area contributed by atoms with Crippen LogP contribution in [0.4, 0.5) is 5.82 Å². The highest BCUT2D eigenvalue weighted by molar-refractivity contribution is 8.06. The summed E-state index contributed by atoms with van der Waals surface area (Å²) in [6, 6.07) is 1.48. The summed E-state index contributed by atoms with van der Waals surface area (Å²) in [5.41, 5.74) is 0.0832. The van der Waals surface area contributed by atoms with E-state index in [1.807, 2.05) is 23.5 Å². The predicted octanol–water partition coefficient (Wildman–Crippen LogP) is 2.69. The minimum atomic E-state index is -1.03. The number of thioether (sulfide) groups is 2. The molecule has 0 amide bonds. The van der Waals surface area contributed by atoms with Crippen LogP contribution < -0.4 is 5.32 Å². The Morgan fingerprint density at radius 2 is 2.44 bits per heavy atom. The maximum Gasteiger partial charge on any atom is 0.337 e. The normalized spacial score (nSPS) is 19.5. The fourth-order valence-electron chi connectivity index (χ4n) is 1.57. The summed E-state index contributed by atoms with van der Waals surface area (Å²) in [6.45, 7) is 0.797. The summed E-state index contributed by atoms with van der Waals surface area (Å²) in [4.78, 5) is 15.0. The van der Waals surface area contributed by atoms with Gasteiger partial charge in [-0.15, -0.1) is 0 Å². The number of pyridine rings is 1. The van der Waals surface area contributed by atoms with Crippen molar-refractivity contribution in [3.63, 3.8) is 0 Å². The van der Waals surface area contributed by atoms with E-state index in [0.29, 0.717) is 11.1 Å². The molecule has 1 saturated heterocycles. The lowest BCUT2D eigenvalue weighted by atomic mass is 10.2. The zero-order chi connectivity index (χ0) is 13.0. The summed E-state index contributed by atoms with van der Waals surface area (Å²) in [5.74, 6) is 3.03. The molecular formula is C11H13ClN2O2S2. The Morgan fingerprint density at radius 1 is 1.61 bits per heavy atom. The molecule has 7 heteroatoms. The molecule has 1 atom stereocenters. The van der Waals surface area contributed by atoms with Gasteiger partial charge < -0.3 is 10.4 Å². The fourth-order valence-corrected chi connectivity index (χ4v) is 4.37. The molecule has 0 aliphatic carbocycles. The van der Waals surface area contributed by atoms with Crippen LogP contribution in [0.3, 0.4) is 0 Å². The van der Waals surface area contributed by atoms with E-state index in [0.717, 1.165) is 12.3 Å². The molecule has 98 valence electrons. The van der Waals surface area contributed by atoms with Gasteiger partial charge in [-0.2, -0.15) is 23.5 Å². The molecular weight excluding hydrogens is 292 g/mol. The zero-order valence-corrected chi connectivity index (χ0v) is 11.9. The largest absolute Gasteiger partial charge is 0.478 e. The van der Waals surface area contributed by atoms with Crippen LogP contribution in [0.1, 0.15) is 10.4 Å². The second-order valence-electron chi connectivity index (χ2n) is 3.80. The number of nitrogens with one attached hydrogen (secondary N) is 1. The van der Waals surface area contributed by atoms with Gasteiger partial charge in [0.05, 0.1) is 10.6 Å². The Bertz CT molecular complexity index is 439. The number of aromatic nitrogens is 1. The SMILES string of the molecule is O=C(O)c1cc(NCC2CSCCS2)ncc1Cl. The van der Waals surface area contributed by atoms with Crippen LogP contribution in [-0.4, -0.2) is 45.1 Å². The van der Waals surface area contributed by atoms with Gasteiger partial charge in [0, 0.05) is 35.3 Å². The number of aromatic carboxylic acids is 1. The van der Waals surface area contributed by atoms with E-state index < -0.39 is 5.97 Å². The van der Waals surface area contributed by atoms with Crippen molar-refractivity contribution in [1.29, 1.82) is 0 Å². The van der Waals surface area contributed by atoms with Crippen molar-refractivity contribution in [2.45, 2.75) is 5.25 Å². The molecule has 1 aromatic rings. The van der Waals surface area contributed by atoms with E-state index in [1.54, 1.807) is 0 Å². The standard InChI is InChI=1S/C11H13ClN2O2S2/c12-9-5-14-10(3-8(9)11(15)16)13-4-7-6-17-1-2-18-7/h3,5,7H,1-2,4,6H2,(H,13,14)(H,15,16). The summed E-state index contributed by atoms with van der Waals surface area (Å²) in [7, 11) is 0. The number of carboxylic acids is 1. The molecule has 1 unspecified atom stereocenters. The molecule has 4 nitrogen and oxygen atoms in total. The topological polar surface area (TPSA) is 62.2 Å². The highest BCUT2D eigenvalue weighted by Gasteiger charge is 2.15. The molecule has 1 fully saturated rings. The van der Waals surface area contributed by atoms with Crippen LogP contribution in [-0.2, 0) is 0 Å². The molecule has 1 aliphatic heterocycles. The number of carboxylic acid groups (broad SMARTS) is 1. The molecule has 0 bridgehead atoms. The summed E-state index contributed by atoms with van der Waals surface area (Å²) in [5, 5.41) is 12.8. The van der Waals surface area contributed by atoms with Crippen LogP contribution >= 0.6 is 35.1 Å². The molecule has 2 N–H and O–H groups in total. The monoisotopic (exact) mass is 304 g/mol. The Balaban J connectivity index is 1.96. The van der Waals surface area contributed by atoms with Crippen LogP contribution in [0.5, 0.6) is 0 Å². The fraction of sp³-hybridized carbons (Fsp3) is 0.455. The van der Waals surface area contributed by atoms with Crippen molar-refractivity contribution in [3.8, 4) is 0 Å². The molecule has 0 radical (unpaired) electrons. The van der Waals surface area contributed by atoms with Gasteiger partial charge in [-0.25, -0.2) is 9.78 Å². The van der Waals surface area contributed by atoms with Crippen LogP contribution in [0, 0.1) is 0 Å². The summed E-state index contributed by atoms with van der Waals surface area (Å²) < 4.78 is 0. The van der Waals surface area contributed by atoms with Gasteiger partial charge in [-0.3, -0.25) is 0 Å². The number of anilines is 1. The lowest BCUT2D eigenvalue weighted by molar-refractivity contribution is 0.0697. The quantitative estimate of drug-likeness (QED) is 0.892. The molecule has 1 aliphatic rings. The van der Waals surface area contributed by atoms with Gasteiger partial charge in [0.15, 0.2) is 0 Å². The van der Waals surface area contributed by atoms with Gasteiger partial charge in [-0.05, 0) is 6.07 Å². The van der Waals surface area contributed by atoms with Gasteiger partial charge >= 0.3 is 5.97 Å². The lowest BCUT2D eigenvalue weighted by Crippen LogP contribution is -2.23. The minimum Gasteiger partial charge on any atom is -0.478 e. The number of rotatable bonds is 4. The molecule has 0 saturated carbocycles. The van der Waals surface area contributed by atoms with Gasteiger partial charge in [0.2, 0.25) is 0 Å². The van der Waals surface area contributed by atoms with E-state index in [4.69, 9.17) is 16.7 Å². The van der Waals surface area contributed by atoms with E-state index in [1.165, 1.54) is 23.8 Å². The first-order valence-electron chi connectivity index (χ1n) is 5.49. The van der Waals surface area contributed by atoms with Crippen molar-refractivity contribution in [1.82, 2.24) is 4.98 Å². The first-order chi connectivity index (χ1) is 8.66. The third kappa shape index (κ3) is 3.70. The Kier molecular flexibility index (Phi) is 5.03. The van der Waals surface area contributed by atoms with E-state index in [9.17, 15) is 4.79 Å².